The van der Waals surface area contributed by atoms with E-state index >= 15 is 0 Å². The minimum Gasteiger partial charge on any atom is -0.436 e. The van der Waals surface area contributed by atoms with E-state index in [0.717, 1.165) is 5.56 Å². The summed E-state index contributed by atoms with van der Waals surface area (Å²) in [6, 6.07) is 7.44. The minimum atomic E-state index is -0.508. The van der Waals surface area contributed by atoms with Crippen LogP contribution in [0.4, 0.5) is 4.39 Å². The van der Waals surface area contributed by atoms with Crippen LogP contribution in [0, 0.1) is 12.7 Å². The molecule has 2 aromatic rings. The number of halogens is 2. The maximum atomic E-state index is 14.1. The van der Waals surface area contributed by atoms with Crippen molar-refractivity contribution in [1.29, 1.82) is 0 Å². The number of hydrogen-bond acceptors (Lipinski definition) is 2. The number of nitrogens with zero attached hydrogens (tertiary/aromatic N) is 1. The quantitative estimate of drug-likeness (QED) is 0.712. The molecule has 0 aliphatic rings. The van der Waals surface area contributed by atoms with Crippen LogP contribution in [0.5, 0.6) is 11.6 Å². The van der Waals surface area contributed by atoms with Crippen LogP contribution in [-0.2, 0) is 11.3 Å². The Hall–Kier alpha value is -1.61. The molecule has 2 rings (SSSR count). The Balaban J connectivity index is 2.33. The average molecular weight is 308 g/mol. The van der Waals surface area contributed by atoms with Gasteiger partial charge in [0.05, 0.1) is 5.88 Å². The highest BCUT2D eigenvalue weighted by Gasteiger charge is 2.16. The number of alkyl halides is 1. The minimum absolute atomic E-state index is 0.0419. The molecule has 0 aliphatic carbocycles. The van der Waals surface area contributed by atoms with E-state index in [1.54, 1.807) is 6.07 Å². The molecular weight excluding hydrogens is 289 g/mol. The Bertz CT molecular complexity index is 650. The maximum Gasteiger partial charge on any atom is 0.256 e. The molecule has 0 N–H and O–H groups in total. The topological polar surface area (TPSA) is 22.1 Å². The fourth-order valence-corrected chi connectivity index (χ4v) is 2.18. The molecular formula is C17H19ClFNO. The first-order valence-electron chi connectivity index (χ1n) is 6.81. The summed E-state index contributed by atoms with van der Waals surface area (Å²) in [5.41, 5.74) is 2.59. The summed E-state index contributed by atoms with van der Waals surface area (Å²) in [6.45, 7) is 8.38. The van der Waals surface area contributed by atoms with Crippen LogP contribution in [0.3, 0.4) is 0 Å². The predicted molar refractivity (Wildman–Crippen MR) is 83.7 cm³/mol. The molecule has 0 aliphatic heterocycles. The van der Waals surface area contributed by atoms with Gasteiger partial charge in [-0.3, -0.25) is 0 Å². The molecule has 0 radical (unpaired) electrons. The number of ether oxygens (including phenoxy) is 1. The Morgan fingerprint density at radius 2 is 1.95 bits per heavy atom. The van der Waals surface area contributed by atoms with E-state index in [9.17, 15) is 4.39 Å². The third kappa shape index (κ3) is 3.53. The molecule has 1 aromatic heterocycles. The van der Waals surface area contributed by atoms with Crippen molar-refractivity contribution in [1.82, 2.24) is 4.98 Å². The van der Waals surface area contributed by atoms with Crippen molar-refractivity contribution in [2.24, 2.45) is 0 Å². The van der Waals surface area contributed by atoms with Crippen molar-refractivity contribution in [2.45, 2.75) is 39.0 Å². The third-order valence-corrected chi connectivity index (χ3v) is 3.62. The van der Waals surface area contributed by atoms with Gasteiger partial charge in [0.2, 0.25) is 0 Å². The third-order valence-electron chi connectivity index (χ3n) is 3.33. The second kappa shape index (κ2) is 6.02. The van der Waals surface area contributed by atoms with E-state index < -0.39 is 5.82 Å². The number of pyridine rings is 1. The van der Waals surface area contributed by atoms with Crippen molar-refractivity contribution in [3.63, 3.8) is 0 Å². The summed E-state index contributed by atoms with van der Waals surface area (Å²) in [6.07, 6.45) is 1.50. The Morgan fingerprint density at radius 1 is 1.24 bits per heavy atom. The monoisotopic (exact) mass is 307 g/mol. The fraction of sp³-hybridized carbons (Fsp3) is 0.353. The first-order valence-corrected chi connectivity index (χ1v) is 7.34. The molecule has 1 aromatic carbocycles. The summed E-state index contributed by atoms with van der Waals surface area (Å²) in [7, 11) is 0. The molecule has 4 heteroatoms. The zero-order chi connectivity index (χ0) is 15.6. The lowest BCUT2D eigenvalue weighted by atomic mass is 9.86. The number of aryl methyl sites for hydroxylation is 1. The zero-order valence-corrected chi connectivity index (χ0v) is 13.5. The summed E-state index contributed by atoms with van der Waals surface area (Å²) < 4.78 is 19.7. The molecule has 2 nitrogen and oxygen atoms in total. The van der Waals surface area contributed by atoms with Gasteiger partial charge in [0.15, 0.2) is 5.82 Å². The smallest absolute Gasteiger partial charge is 0.256 e. The van der Waals surface area contributed by atoms with Crippen LogP contribution in [0.25, 0.3) is 0 Å². The standard InChI is InChI=1S/C17H19ClFNO/c1-11-9-13(17(2,3)4)5-6-14(11)21-16-15(19)12(10-18)7-8-20-16/h5-9H,10H2,1-4H3. The fourth-order valence-electron chi connectivity index (χ4n) is 1.97. The largest absolute Gasteiger partial charge is 0.436 e. The lowest BCUT2D eigenvalue weighted by molar-refractivity contribution is 0.417. The van der Waals surface area contributed by atoms with Crippen LogP contribution in [0.1, 0.15) is 37.5 Å². The van der Waals surface area contributed by atoms with Gasteiger partial charge in [0.25, 0.3) is 5.88 Å². The van der Waals surface area contributed by atoms with E-state index in [1.807, 2.05) is 19.1 Å². The lowest BCUT2D eigenvalue weighted by Crippen LogP contribution is -2.11. The predicted octanol–water partition coefficient (Wildman–Crippen LogP) is 5.36. The maximum absolute atomic E-state index is 14.1. The average Bonchev–Trinajstić information content (AvgIpc) is 2.42. The van der Waals surface area contributed by atoms with Gasteiger partial charge >= 0.3 is 0 Å². The molecule has 1 heterocycles. The summed E-state index contributed by atoms with van der Waals surface area (Å²) in [4.78, 5) is 3.94. The van der Waals surface area contributed by atoms with Crippen molar-refractivity contribution < 1.29 is 9.13 Å². The Morgan fingerprint density at radius 3 is 2.52 bits per heavy atom. The number of benzene rings is 1. The molecule has 0 saturated heterocycles. The van der Waals surface area contributed by atoms with Crippen LogP contribution < -0.4 is 4.74 Å². The zero-order valence-electron chi connectivity index (χ0n) is 12.7. The van der Waals surface area contributed by atoms with Gasteiger partial charge in [-0.15, -0.1) is 11.6 Å². The highest BCUT2D eigenvalue weighted by Crippen LogP contribution is 2.31. The van der Waals surface area contributed by atoms with E-state index in [1.165, 1.54) is 11.8 Å². The van der Waals surface area contributed by atoms with Crippen molar-refractivity contribution in [3.05, 3.63) is 53.0 Å². The molecule has 0 bridgehead atoms. The first-order chi connectivity index (χ1) is 9.82. The second-order valence-electron chi connectivity index (χ2n) is 6.06. The summed E-state index contributed by atoms with van der Waals surface area (Å²) >= 11 is 5.69. The van der Waals surface area contributed by atoms with Crippen LogP contribution in [0.2, 0.25) is 0 Å². The van der Waals surface area contributed by atoms with Gasteiger partial charge in [0.1, 0.15) is 5.75 Å². The molecule has 112 valence electrons. The first kappa shape index (κ1) is 15.8. The highest BCUT2D eigenvalue weighted by atomic mass is 35.5. The summed E-state index contributed by atoms with van der Waals surface area (Å²) in [5, 5.41) is 0. The number of aromatic nitrogens is 1. The SMILES string of the molecule is Cc1cc(C(C)(C)C)ccc1Oc1nccc(CCl)c1F. The van der Waals surface area contributed by atoms with Gasteiger partial charge in [-0.2, -0.15) is 0 Å². The van der Waals surface area contributed by atoms with Crippen LogP contribution in [0.15, 0.2) is 30.5 Å². The highest BCUT2D eigenvalue weighted by molar-refractivity contribution is 6.17. The summed E-state index contributed by atoms with van der Waals surface area (Å²) in [5.74, 6) is 0.139. The van der Waals surface area contributed by atoms with Gasteiger partial charge < -0.3 is 4.74 Å². The van der Waals surface area contributed by atoms with Crippen LogP contribution in [-0.4, -0.2) is 4.98 Å². The van der Waals surface area contributed by atoms with Crippen molar-refractivity contribution in [2.75, 3.05) is 0 Å². The Kier molecular flexibility index (Phi) is 4.52. The van der Waals surface area contributed by atoms with Crippen molar-refractivity contribution >= 4 is 11.6 Å². The lowest BCUT2D eigenvalue weighted by Gasteiger charge is -2.20. The molecule has 0 atom stereocenters. The molecule has 0 fully saturated rings. The van der Waals surface area contributed by atoms with Gasteiger partial charge in [-0.05, 0) is 35.6 Å². The van der Waals surface area contributed by atoms with Gasteiger partial charge in [-0.25, -0.2) is 9.37 Å². The molecule has 0 spiro atoms. The van der Waals surface area contributed by atoms with E-state index in [2.05, 4.69) is 31.8 Å². The molecule has 21 heavy (non-hydrogen) atoms. The normalized spacial score (nSPS) is 11.5. The van der Waals surface area contributed by atoms with Gasteiger partial charge in [0, 0.05) is 11.8 Å². The number of hydrogen-bond donors (Lipinski definition) is 0. The van der Waals surface area contributed by atoms with Crippen LogP contribution >= 0.6 is 11.6 Å². The van der Waals surface area contributed by atoms with Crippen molar-refractivity contribution in [3.8, 4) is 11.6 Å². The Labute approximate surface area is 129 Å². The molecule has 0 saturated carbocycles. The van der Waals surface area contributed by atoms with Gasteiger partial charge in [-0.1, -0.05) is 32.9 Å². The number of rotatable bonds is 3. The second-order valence-corrected chi connectivity index (χ2v) is 6.32. The van der Waals surface area contributed by atoms with E-state index in [0.29, 0.717) is 11.3 Å². The van der Waals surface area contributed by atoms with E-state index in [-0.39, 0.29) is 17.2 Å². The van der Waals surface area contributed by atoms with E-state index in [4.69, 9.17) is 16.3 Å². The molecule has 0 unspecified atom stereocenters. The molecule has 0 amide bonds.